The van der Waals surface area contributed by atoms with Gasteiger partial charge in [0.1, 0.15) is 5.82 Å². The molecule has 1 saturated carbocycles. The minimum atomic E-state index is -0.132. The van der Waals surface area contributed by atoms with Gasteiger partial charge >= 0.3 is 0 Å². The molecule has 0 aliphatic heterocycles. The molecule has 0 radical (unpaired) electrons. The Labute approximate surface area is 120 Å². The highest BCUT2D eigenvalue weighted by atomic mass is 19.1. The van der Waals surface area contributed by atoms with Gasteiger partial charge in [0.05, 0.1) is 13.2 Å². The highest BCUT2D eigenvalue weighted by Crippen LogP contribution is 2.36. The van der Waals surface area contributed by atoms with E-state index in [4.69, 9.17) is 9.47 Å². The number of nitrogens with one attached hydrogen (secondary N) is 1. The summed E-state index contributed by atoms with van der Waals surface area (Å²) in [4.78, 5) is 0. The SMILES string of the molecule is COCCOCCCNC1CC(c2cccc(F)c2)C1. The van der Waals surface area contributed by atoms with E-state index in [-0.39, 0.29) is 5.82 Å². The van der Waals surface area contributed by atoms with Crippen molar-refractivity contribution in [2.45, 2.75) is 31.2 Å². The molecular formula is C16H24FNO2. The number of benzene rings is 1. The van der Waals surface area contributed by atoms with Crippen LogP contribution in [0.1, 0.15) is 30.7 Å². The number of rotatable bonds is 9. The summed E-state index contributed by atoms with van der Waals surface area (Å²) >= 11 is 0. The summed E-state index contributed by atoms with van der Waals surface area (Å²) < 4.78 is 23.4. The first-order valence-corrected chi connectivity index (χ1v) is 7.35. The molecule has 0 spiro atoms. The fourth-order valence-corrected chi connectivity index (χ4v) is 2.54. The number of hydrogen-bond donors (Lipinski definition) is 1. The van der Waals surface area contributed by atoms with Crippen molar-refractivity contribution < 1.29 is 13.9 Å². The predicted octanol–water partition coefficient (Wildman–Crippen LogP) is 2.71. The summed E-state index contributed by atoms with van der Waals surface area (Å²) in [5, 5.41) is 3.52. The van der Waals surface area contributed by atoms with Gasteiger partial charge in [0.2, 0.25) is 0 Å². The van der Waals surface area contributed by atoms with E-state index in [9.17, 15) is 4.39 Å². The number of methoxy groups -OCH3 is 1. The van der Waals surface area contributed by atoms with E-state index in [1.54, 1.807) is 19.2 Å². The third-order valence-electron chi connectivity index (χ3n) is 3.79. The molecule has 3 nitrogen and oxygen atoms in total. The van der Waals surface area contributed by atoms with Gasteiger partial charge < -0.3 is 14.8 Å². The average Bonchev–Trinajstić information content (AvgIpc) is 2.39. The van der Waals surface area contributed by atoms with Gasteiger partial charge in [-0.05, 0) is 49.4 Å². The van der Waals surface area contributed by atoms with Gasteiger partial charge in [-0.15, -0.1) is 0 Å². The number of hydrogen-bond acceptors (Lipinski definition) is 3. The molecule has 20 heavy (non-hydrogen) atoms. The Morgan fingerprint density at radius 1 is 1.25 bits per heavy atom. The molecule has 1 N–H and O–H groups in total. The number of ether oxygens (including phenoxy) is 2. The first-order chi connectivity index (χ1) is 9.79. The van der Waals surface area contributed by atoms with E-state index in [1.807, 2.05) is 6.07 Å². The van der Waals surface area contributed by atoms with Crippen LogP contribution in [0, 0.1) is 5.82 Å². The van der Waals surface area contributed by atoms with Gasteiger partial charge in [0.15, 0.2) is 0 Å². The Bertz CT molecular complexity index is 394. The van der Waals surface area contributed by atoms with Crippen molar-refractivity contribution in [3.05, 3.63) is 35.6 Å². The van der Waals surface area contributed by atoms with Crippen LogP contribution in [-0.2, 0) is 9.47 Å². The van der Waals surface area contributed by atoms with Gasteiger partial charge in [0.25, 0.3) is 0 Å². The van der Waals surface area contributed by atoms with Crippen molar-refractivity contribution in [1.29, 1.82) is 0 Å². The van der Waals surface area contributed by atoms with E-state index in [2.05, 4.69) is 5.32 Å². The van der Waals surface area contributed by atoms with Crippen LogP contribution in [0.5, 0.6) is 0 Å². The summed E-state index contributed by atoms with van der Waals surface area (Å²) in [6.45, 7) is 3.08. The van der Waals surface area contributed by atoms with Crippen LogP contribution in [0.25, 0.3) is 0 Å². The molecular weight excluding hydrogens is 257 g/mol. The minimum Gasteiger partial charge on any atom is -0.382 e. The van der Waals surface area contributed by atoms with Crippen LogP contribution in [0.2, 0.25) is 0 Å². The lowest BCUT2D eigenvalue weighted by molar-refractivity contribution is 0.0688. The van der Waals surface area contributed by atoms with Gasteiger partial charge in [-0.25, -0.2) is 4.39 Å². The maximum atomic E-state index is 13.1. The van der Waals surface area contributed by atoms with Crippen molar-refractivity contribution in [3.8, 4) is 0 Å². The standard InChI is InChI=1S/C16H24FNO2/c1-19-8-9-20-7-3-6-18-16-11-14(12-16)13-4-2-5-15(17)10-13/h2,4-5,10,14,16,18H,3,6-9,11-12H2,1H3. The van der Waals surface area contributed by atoms with Crippen molar-refractivity contribution in [2.75, 3.05) is 33.5 Å². The molecule has 0 heterocycles. The van der Waals surface area contributed by atoms with Gasteiger partial charge in [0, 0.05) is 19.8 Å². The summed E-state index contributed by atoms with van der Waals surface area (Å²) in [6, 6.07) is 7.55. The van der Waals surface area contributed by atoms with Crippen molar-refractivity contribution in [3.63, 3.8) is 0 Å². The average molecular weight is 281 g/mol. The summed E-state index contributed by atoms with van der Waals surface area (Å²) in [7, 11) is 1.68. The molecule has 2 rings (SSSR count). The Balaban J connectivity index is 1.52. The second kappa shape index (κ2) is 8.35. The molecule has 112 valence electrons. The molecule has 1 fully saturated rings. The van der Waals surface area contributed by atoms with Crippen LogP contribution in [0.3, 0.4) is 0 Å². The normalized spacial score (nSPS) is 21.7. The molecule has 0 atom stereocenters. The van der Waals surface area contributed by atoms with E-state index in [0.717, 1.165) is 38.0 Å². The fraction of sp³-hybridized carbons (Fsp3) is 0.625. The predicted molar refractivity (Wildman–Crippen MR) is 77.5 cm³/mol. The summed E-state index contributed by atoms with van der Waals surface area (Å²) in [5.74, 6) is 0.383. The molecule has 0 bridgehead atoms. The molecule has 0 aromatic heterocycles. The smallest absolute Gasteiger partial charge is 0.123 e. The Morgan fingerprint density at radius 2 is 2.10 bits per heavy atom. The van der Waals surface area contributed by atoms with E-state index < -0.39 is 0 Å². The van der Waals surface area contributed by atoms with Crippen molar-refractivity contribution >= 4 is 0 Å². The first kappa shape index (κ1) is 15.4. The second-order valence-corrected chi connectivity index (χ2v) is 5.33. The Hall–Kier alpha value is -0.970. The topological polar surface area (TPSA) is 30.5 Å². The second-order valence-electron chi connectivity index (χ2n) is 5.33. The zero-order valence-electron chi connectivity index (χ0n) is 12.1. The molecule has 0 amide bonds. The van der Waals surface area contributed by atoms with Crippen molar-refractivity contribution in [1.82, 2.24) is 5.32 Å². The molecule has 4 heteroatoms. The summed E-state index contributed by atoms with van der Waals surface area (Å²) in [5.41, 5.74) is 1.13. The van der Waals surface area contributed by atoms with Gasteiger partial charge in [-0.3, -0.25) is 0 Å². The van der Waals surface area contributed by atoms with E-state index >= 15 is 0 Å². The molecule has 0 saturated heterocycles. The van der Waals surface area contributed by atoms with Gasteiger partial charge in [-0.1, -0.05) is 12.1 Å². The van der Waals surface area contributed by atoms with Gasteiger partial charge in [-0.2, -0.15) is 0 Å². The molecule has 1 aliphatic carbocycles. The quantitative estimate of drug-likeness (QED) is 0.706. The maximum absolute atomic E-state index is 13.1. The van der Waals surface area contributed by atoms with Crippen LogP contribution in [-0.4, -0.2) is 39.5 Å². The minimum absolute atomic E-state index is 0.132. The first-order valence-electron chi connectivity index (χ1n) is 7.35. The molecule has 1 aromatic carbocycles. The third-order valence-corrected chi connectivity index (χ3v) is 3.79. The lowest BCUT2D eigenvalue weighted by Crippen LogP contribution is -2.40. The lowest BCUT2D eigenvalue weighted by atomic mass is 9.76. The highest BCUT2D eigenvalue weighted by Gasteiger charge is 2.29. The van der Waals surface area contributed by atoms with Crippen LogP contribution >= 0.6 is 0 Å². The third kappa shape index (κ3) is 4.85. The Morgan fingerprint density at radius 3 is 2.85 bits per heavy atom. The van der Waals surface area contributed by atoms with E-state index in [0.29, 0.717) is 25.2 Å². The number of halogens is 1. The largest absolute Gasteiger partial charge is 0.382 e. The lowest BCUT2D eigenvalue weighted by Gasteiger charge is -2.36. The zero-order chi connectivity index (χ0) is 14.2. The van der Waals surface area contributed by atoms with Crippen LogP contribution in [0.15, 0.2) is 24.3 Å². The fourth-order valence-electron chi connectivity index (χ4n) is 2.54. The maximum Gasteiger partial charge on any atom is 0.123 e. The van der Waals surface area contributed by atoms with E-state index in [1.165, 1.54) is 6.07 Å². The van der Waals surface area contributed by atoms with Crippen LogP contribution in [0.4, 0.5) is 4.39 Å². The van der Waals surface area contributed by atoms with Crippen molar-refractivity contribution in [2.24, 2.45) is 0 Å². The molecule has 1 aromatic rings. The Kier molecular flexibility index (Phi) is 6.43. The highest BCUT2D eigenvalue weighted by molar-refractivity contribution is 5.23. The monoisotopic (exact) mass is 281 g/mol. The molecule has 1 aliphatic rings. The summed E-state index contributed by atoms with van der Waals surface area (Å²) in [6.07, 6.45) is 3.23. The van der Waals surface area contributed by atoms with Crippen LogP contribution < -0.4 is 5.32 Å². The zero-order valence-corrected chi connectivity index (χ0v) is 12.1. The molecule has 0 unspecified atom stereocenters.